The van der Waals surface area contributed by atoms with E-state index in [-0.39, 0.29) is 23.9 Å². The van der Waals surface area contributed by atoms with Crippen molar-refractivity contribution < 1.29 is 14.3 Å². The molecule has 0 saturated heterocycles. The maximum absolute atomic E-state index is 12.8. The van der Waals surface area contributed by atoms with E-state index in [0.29, 0.717) is 18.4 Å². The van der Waals surface area contributed by atoms with Gasteiger partial charge in [-0.05, 0) is 60.1 Å². The van der Waals surface area contributed by atoms with Gasteiger partial charge in [-0.2, -0.15) is 4.98 Å². The molecule has 32 heavy (non-hydrogen) atoms. The van der Waals surface area contributed by atoms with Crippen molar-refractivity contribution in [3.05, 3.63) is 53.6 Å². The monoisotopic (exact) mass is 433 g/mol. The van der Waals surface area contributed by atoms with Gasteiger partial charge in [-0.1, -0.05) is 25.1 Å². The molecule has 0 bridgehead atoms. The van der Waals surface area contributed by atoms with Crippen LogP contribution in [0.5, 0.6) is 5.88 Å². The number of carbonyl (C=O) groups is 1. The van der Waals surface area contributed by atoms with Gasteiger partial charge < -0.3 is 19.7 Å². The predicted octanol–water partition coefficient (Wildman–Crippen LogP) is 4.83. The highest BCUT2D eigenvalue weighted by molar-refractivity contribution is 5.94. The molecular weight excluding hydrogens is 402 g/mol. The molecule has 1 N–H and O–H groups in total. The maximum atomic E-state index is 12.8. The van der Waals surface area contributed by atoms with Crippen LogP contribution in [0, 0.1) is 11.8 Å². The summed E-state index contributed by atoms with van der Waals surface area (Å²) in [6.45, 7) is 5.36. The molecule has 1 amide bonds. The molecule has 6 nitrogen and oxygen atoms in total. The minimum Gasteiger partial charge on any atom is -0.481 e. The number of anilines is 2. The van der Waals surface area contributed by atoms with Gasteiger partial charge in [-0.3, -0.25) is 4.79 Å². The maximum Gasteiger partial charge on any atom is 0.224 e. The van der Waals surface area contributed by atoms with E-state index in [9.17, 15) is 4.79 Å². The number of hydrogen-bond donors (Lipinski definition) is 1. The lowest BCUT2D eigenvalue weighted by Gasteiger charge is -2.46. The SMILES string of the molecule is COc1cccc(N[C@H]2c3cc(C4=CCOCC4)ccc3N(C(C)=O)[C@@H](C3CC3)[C@@H]2C)n1. The van der Waals surface area contributed by atoms with Crippen molar-refractivity contribution in [2.24, 2.45) is 11.8 Å². The first-order valence-electron chi connectivity index (χ1n) is 11.6. The number of rotatable bonds is 5. The van der Waals surface area contributed by atoms with Gasteiger partial charge in [-0.15, -0.1) is 0 Å². The first-order valence-corrected chi connectivity index (χ1v) is 11.6. The van der Waals surface area contributed by atoms with Crippen LogP contribution in [-0.4, -0.2) is 37.3 Å². The van der Waals surface area contributed by atoms with E-state index in [1.54, 1.807) is 14.0 Å². The Balaban J connectivity index is 1.60. The van der Waals surface area contributed by atoms with Crippen LogP contribution in [0.25, 0.3) is 5.57 Å². The zero-order valence-corrected chi connectivity index (χ0v) is 19.0. The Morgan fingerprint density at radius 1 is 1.25 bits per heavy atom. The summed E-state index contributed by atoms with van der Waals surface area (Å²) in [5.41, 5.74) is 4.69. The molecule has 3 atom stereocenters. The molecule has 0 spiro atoms. The molecule has 0 radical (unpaired) electrons. The van der Waals surface area contributed by atoms with E-state index in [1.807, 2.05) is 18.2 Å². The van der Waals surface area contributed by atoms with Gasteiger partial charge in [0.05, 0.1) is 26.4 Å². The van der Waals surface area contributed by atoms with E-state index in [0.717, 1.165) is 30.1 Å². The van der Waals surface area contributed by atoms with Gasteiger partial charge in [0.1, 0.15) is 5.82 Å². The quantitative estimate of drug-likeness (QED) is 0.732. The number of aromatic nitrogens is 1. The molecule has 3 heterocycles. The second-order valence-electron chi connectivity index (χ2n) is 9.09. The summed E-state index contributed by atoms with van der Waals surface area (Å²) in [7, 11) is 1.63. The van der Waals surface area contributed by atoms with Gasteiger partial charge in [0, 0.05) is 30.6 Å². The highest BCUT2D eigenvalue weighted by atomic mass is 16.5. The summed E-state index contributed by atoms with van der Waals surface area (Å²) in [5.74, 6) is 2.29. The molecule has 2 aliphatic heterocycles. The lowest BCUT2D eigenvalue weighted by Crippen LogP contribution is -2.51. The Bertz CT molecular complexity index is 1050. The zero-order chi connectivity index (χ0) is 22.2. The molecule has 3 aliphatic rings. The van der Waals surface area contributed by atoms with Crippen LogP contribution < -0.4 is 15.0 Å². The number of fused-ring (bicyclic) bond motifs is 1. The van der Waals surface area contributed by atoms with E-state index in [1.165, 1.54) is 24.0 Å². The second kappa shape index (κ2) is 8.58. The molecule has 1 aliphatic carbocycles. The Labute approximate surface area is 189 Å². The van der Waals surface area contributed by atoms with E-state index >= 15 is 0 Å². The predicted molar refractivity (Wildman–Crippen MR) is 126 cm³/mol. The van der Waals surface area contributed by atoms with Crippen molar-refractivity contribution in [2.45, 2.75) is 45.2 Å². The summed E-state index contributed by atoms with van der Waals surface area (Å²) in [6, 6.07) is 12.6. The Hall–Kier alpha value is -2.86. The molecule has 1 aromatic heterocycles. The minimum atomic E-state index is 0.0474. The van der Waals surface area contributed by atoms with Crippen LogP contribution in [0.3, 0.4) is 0 Å². The lowest BCUT2D eigenvalue weighted by molar-refractivity contribution is -0.117. The van der Waals surface area contributed by atoms with Crippen LogP contribution in [0.2, 0.25) is 0 Å². The fourth-order valence-electron chi connectivity index (χ4n) is 5.32. The second-order valence-corrected chi connectivity index (χ2v) is 9.09. The van der Waals surface area contributed by atoms with E-state index < -0.39 is 0 Å². The molecule has 1 aromatic carbocycles. The minimum absolute atomic E-state index is 0.0474. The highest BCUT2D eigenvalue weighted by Crippen LogP contribution is 2.50. The first-order chi connectivity index (χ1) is 15.6. The Morgan fingerprint density at radius 2 is 2.09 bits per heavy atom. The molecule has 2 aromatic rings. The van der Waals surface area contributed by atoms with Crippen molar-refractivity contribution in [1.29, 1.82) is 0 Å². The normalized spacial score (nSPS) is 25.0. The third-order valence-electron chi connectivity index (χ3n) is 7.00. The fraction of sp³-hybridized carbons (Fsp3) is 0.462. The van der Waals surface area contributed by atoms with Crippen LogP contribution in [0.4, 0.5) is 11.5 Å². The Morgan fingerprint density at radius 3 is 2.78 bits per heavy atom. The molecule has 0 unspecified atom stereocenters. The largest absolute Gasteiger partial charge is 0.481 e. The average Bonchev–Trinajstić information content (AvgIpc) is 3.66. The fourth-order valence-corrected chi connectivity index (χ4v) is 5.32. The molecule has 1 fully saturated rings. The highest BCUT2D eigenvalue weighted by Gasteiger charge is 2.47. The molecule has 6 heteroatoms. The van der Waals surface area contributed by atoms with Crippen molar-refractivity contribution in [3.63, 3.8) is 0 Å². The lowest BCUT2D eigenvalue weighted by atomic mass is 9.79. The molecule has 5 rings (SSSR count). The number of nitrogens with one attached hydrogen (secondary N) is 1. The first kappa shape index (κ1) is 21.0. The molecule has 168 valence electrons. The number of nitrogens with zero attached hydrogens (tertiary/aromatic N) is 2. The number of carbonyl (C=O) groups excluding carboxylic acids is 1. The van der Waals surface area contributed by atoms with Crippen molar-refractivity contribution in [3.8, 4) is 5.88 Å². The number of hydrogen-bond acceptors (Lipinski definition) is 5. The summed E-state index contributed by atoms with van der Waals surface area (Å²) < 4.78 is 10.8. The van der Waals surface area contributed by atoms with Crippen LogP contribution in [0.15, 0.2) is 42.5 Å². The number of amides is 1. The number of pyridine rings is 1. The zero-order valence-electron chi connectivity index (χ0n) is 19.0. The van der Waals surface area contributed by atoms with Crippen LogP contribution in [0.1, 0.15) is 50.3 Å². The molecule has 1 saturated carbocycles. The third-order valence-corrected chi connectivity index (χ3v) is 7.00. The molecular formula is C26H31N3O3. The third kappa shape index (κ3) is 3.88. The summed E-state index contributed by atoms with van der Waals surface area (Å²) in [6.07, 6.45) is 5.44. The summed E-state index contributed by atoms with van der Waals surface area (Å²) in [5, 5.41) is 3.69. The van der Waals surface area contributed by atoms with E-state index in [4.69, 9.17) is 9.47 Å². The smallest absolute Gasteiger partial charge is 0.224 e. The number of benzene rings is 1. The number of methoxy groups -OCH3 is 1. The van der Waals surface area contributed by atoms with Gasteiger partial charge in [-0.25, -0.2) is 0 Å². The average molecular weight is 434 g/mol. The van der Waals surface area contributed by atoms with Crippen molar-refractivity contribution in [1.82, 2.24) is 4.98 Å². The summed E-state index contributed by atoms with van der Waals surface area (Å²) >= 11 is 0. The summed E-state index contributed by atoms with van der Waals surface area (Å²) in [4.78, 5) is 19.5. The van der Waals surface area contributed by atoms with Gasteiger partial charge in [0.15, 0.2) is 0 Å². The van der Waals surface area contributed by atoms with Gasteiger partial charge in [0.2, 0.25) is 11.8 Å². The van der Waals surface area contributed by atoms with E-state index in [2.05, 4.69) is 46.4 Å². The van der Waals surface area contributed by atoms with Crippen LogP contribution in [-0.2, 0) is 9.53 Å². The van der Waals surface area contributed by atoms with Gasteiger partial charge in [0.25, 0.3) is 0 Å². The van der Waals surface area contributed by atoms with Crippen LogP contribution >= 0.6 is 0 Å². The number of ether oxygens (including phenoxy) is 2. The van der Waals surface area contributed by atoms with Crippen molar-refractivity contribution >= 4 is 23.0 Å². The topological polar surface area (TPSA) is 63.7 Å². The van der Waals surface area contributed by atoms with Crippen molar-refractivity contribution in [2.75, 3.05) is 30.5 Å². The Kier molecular flexibility index (Phi) is 5.64. The standard InChI is InChI=1S/C26H31N3O3/c1-16-25(28-23-5-4-6-24(27-23)31-3)21-15-20(18-11-13-32-14-12-18)9-10-22(21)29(17(2)30)26(16)19-7-8-19/h4-6,9-11,15-16,19,25-26H,7-8,12-14H2,1-3H3,(H,27,28)/t16-,25-,26-/m1/s1. The van der Waals surface area contributed by atoms with Gasteiger partial charge >= 0.3 is 0 Å².